The second-order valence-electron chi connectivity index (χ2n) is 3.37. The van der Waals surface area contributed by atoms with Gasteiger partial charge in [-0.15, -0.1) is 11.3 Å². The van der Waals surface area contributed by atoms with Crippen LogP contribution in [0.4, 0.5) is 5.82 Å². The van der Waals surface area contributed by atoms with E-state index in [-0.39, 0.29) is 4.99 Å². The van der Waals surface area contributed by atoms with Crippen molar-refractivity contribution in [1.82, 2.24) is 15.0 Å². The van der Waals surface area contributed by atoms with Gasteiger partial charge in [0.15, 0.2) is 0 Å². The van der Waals surface area contributed by atoms with Gasteiger partial charge in [0, 0.05) is 11.1 Å². The molecule has 0 saturated heterocycles. The first-order valence-corrected chi connectivity index (χ1v) is 6.14. The molecule has 7 heteroatoms. The fourth-order valence-electron chi connectivity index (χ4n) is 1.20. The highest BCUT2D eigenvalue weighted by atomic mass is 32.1. The molecule has 17 heavy (non-hydrogen) atoms. The molecule has 2 aromatic heterocycles. The van der Waals surface area contributed by atoms with E-state index in [9.17, 15) is 0 Å². The Morgan fingerprint density at radius 1 is 1.35 bits per heavy atom. The Labute approximate surface area is 108 Å². The molecule has 0 saturated carbocycles. The summed E-state index contributed by atoms with van der Waals surface area (Å²) in [6, 6.07) is 0. The van der Waals surface area contributed by atoms with Gasteiger partial charge in [0.2, 0.25) is 0 Å². The first kappa shape index (κ1) is 11.9. The maximum absolute atomic E-state index is 5.43. The first-order valence-electron chi connectivity index (χ1n) is 4.92. The van der Waals surface area contributed by atoms with E-state index in [4.69, 9.17) is 18.0 Å². The number of anilines is 1. The number of nitrogens with one attached hydrogen (secondary N) is 1. The van der Waals surface area contributed by atoms with Crippen LogP contribution in [-0.2, 0) is 6.54 Å². The summed E-state index contributed by atoms with van der Waals surface area (Å²) in [6.45, 7) is 2.66. The van der Waals surface area contributed by atoms with Crippen molar-refractivity contribution in [2.45, 2.75) is 13.5 Å². The number of hydrogen-bond donors (Lipinski definition) is 2. The Morgan fingerprint density at radius 2 is 2.18 bits per heavy atom. The molecular formula is C10H11N5S2. The van der Waals surface area contributed by atoms with Crippen LogP contribution in [0.5, 0.6) is 0 Å². The lowest BCUT2D eigenvalue weighted by Gasteiger charge is -2.03. The Balaban J connectivity index is 1.97. The van der Waals surface area contributed by atoms with E-state index in [0.29, 0.717) is 18.1 Å². The molecule has 2 heterocycles. The van der Waals surface area contributed by atoms with Crippen LogP contribution in [0.3, 0.4) is 0 Å². The number of aromatic nitrogens is 3. The second kappa shape index (κ2) is 5.15. The summed E-state index contributed by atoms with van der Waals surface area (Å²) in [5.74, 6) is 0.679. The number of thiazole rings is 1. The van der Waals surface area contributed by atoms with E-state index in [1.165, 1.54) is 4.88 Å². The highest BCUT2D eigenvalue weighted by molar-refractivity contribution is 7.80. The van der Waals surface area contributed by atoms with E-state index in [1.54, 1.807) is 23.7 Å². The van der Waals surface area contributed by atoms with Gasteiger partial charge in [-0.2, -0.15) is 0 Å². The smallest absolute Gasteiger partial charge is 0.144 e. The van der Waals surface area contributed by atoms with Crippen molar-refractivity contribution in [3.8, 4) is 0 Å². The molecule has 0 radical (unpaired) electrons. The summed E-state index contributed by atoms with van der Waals surface area (Å²) in [7, 11) is 0. The van der Waals surface area contributed by atoms with E-state index in [0.717, 1.165) is 5.01 Å². The standard InChI is InChI=1S/C10H11N5S2/c1-6-2-15-9(17-6)5-14-8-4-12-7(3-13-8)10(11)16/h2-4H,5H2,1H3,(H2,11,16)(H,13,14). The Bertz CT molecular complexity index is 520. The molecule has 88 valence electrons. The molecule has 0 spiro atoms. The fraction of sp³-hybridized carbons (Fsp3) is 0.200. The van der Waals surface area contributed by atoms with E-state index in [1.807, 2.05) is 13.1 Å². The lowest BCUT2D eigenvalue weighted by Crippen LogP contribution is -2.12. The summed E-state index contributed by atoms with van der Waals surface area (Å²) >= 11 is 6.45. The van der Waals surface area contributed by atoms with Crippen molar-refractivity contribution in [2.75, 3.05) is 5.32 Å². The molecule has 0 aliphatic rings. The summed E-state index contributed by atoms with van der Waals surface area (Å²) in [5, 5.41) is 4.15. The van der Waals surface area contributed by atoms with Crippen molar-refractivity contribution < 1.29 is 0 Å². The van der Waals surface area contributed by atoms with Crippen molar-refractivity contribution in [3.05, 3.63) is 34.2 Å². The highest BCUT2D eigenvalue weighted by Gasteiger charge is 2.01. The average Bonchev–Trinajstić information content (AvgIpc) is 2.73. The van der Waals surface area contributed by atoms with Crippen LogP contribution >= 0.6 is 23.6 Å². The van der Waals surface area contributed by atoms with Gasteiger partial charge in [0.25, 0.3) is 0 Å². The number of nitrogens with zero attached hydrogens (tertiary/aromatic N) is 3. The molecule has 0 aliphatic heterocycles. The molecule has 0 aliphatic carbocycles. The molecule has 5 nitrogen and oxygen atoms in total. The van der Waals surface area contributed by atoms with Crippen molar-refractivity contribution in [3.63, 3.8) is 0 Å². The van der Waals surface area contributed by atoms with Crippen LogP contribution in [0.25, 0.3) is 0 Å². The van der Waals surface area contributed by atoms with Crippen LogP contribution in [-0.4, -0.2) is 19.9 Å². The van der Waals surface area contributed by atoms with E-state index < -0.39 is 0 Å². The highest BCUT2D eigenvalue weighted by Crippen LogP contribution is 2.12. The molecule has 3 N–H and O–H groups in total. The first-order chi connectivity index (χ1) is 8.15. The van der Waals surface area contributed by atoms with Crippen LogP contribution in [0, 0.1) is 6.92 Å². The maximum Gasteiger partial charge on any atom is 0.144 e. The third kappa shape index (κ3) is 3.18. The van der Waals surface area contributed by atoms with Crippen LogP contribution in [0.1, 0.15) is 15.6 Å². The lowest BCUT2D eigenvalue weighted by molar-refractivity contribution is 1.06. The van der Waals surface area contributed by atoms with Crippen molar-refractivity contribution in [2.24, 2.45) is 5.73 Å². The summed E-state index contributed by atoms with van der Waals surface area (Å²) < 4.78 is 0. The van der Waals surface area contributed by atoms with Crippen molar-refractivity contribution >= 4 is 34.4 Å². The zero-order valence-corrected chi connectivity index (χ0v) is 10.8. The lowest BCUT2D eigenvalue weighted by atomic mass is 10.4. The zero-order chi connectivity index (χ0) is 12.3. The largest absolute Gasteiger partial charge is 0.388 e. The third-order valence-electron chi connectivity index (χ3n) is 1.99. The zero-order valence-electron chi connectivity index (χ0n) is 9.17. The minimum absolute atomic E-state index is 0.250. The number of nitrogens with two attached hydrogens (primary N) is 1. The number of thiocarbonyl (C=S) groups is 1. The van der Waals surface area contributed by atoms with Crippen LogP contribution in [0.2, 0.25) is 0 Å². The van der Waals surface area contributed by atoms with Crippen LogP contribution < -0.4 is 11.1 Å². The van der Waals surface area contributed by atoms with Gasteiger partial charge in [0.05, 0.1) is 18.9 Å². The minimum Gasteiger partial charge on any atom is -0.388 e. The summed E-state index contributed by atoms with van der Waals surface area (Å²) in [6.07, 6.45) is 5.01. The Morgan fingerprint density at radius 3 is 2.71 bits per heavy atom. The number of aryl methyl sites for hydroxylation is 1. The molecule has 2 rings (SSSR count). The van der Waals surface area contributed by atoms with E-state index in [2.05, 4.69) is 20.3 Å². The minimum atomic E-state index is 0.250. The quantitative estimate of drug-likeness (QED) is 0.816. The summed E-state index contributed by atoms with van der Waals surface area (Å²) in [4.78, 5) is 13.9. The van der Waals surface area contributed by atoms with Gasteiger partial charge in [0.1, 0.15) is 21.5 Å². The molecule has 0 amide bonds. The monoisotopic (exact) mass is 265 g/mol. The van der Waals surface area contributed by atoms with Crippen LogP contribution in [0.15, 0.2) is 18.6 Å². The van der Waals surface area contributed by atoms with Gasteiger partial charge < -0.3 is 11.1 Å². The molecule has 0 unspecified atom stereocenters. The SMILES string of the molecule is Cc1cnc(CNc2cnc(C(N)=S)cn2)s1. The predicted molar refractivity (Wildman–Crippen MR) is 72.1 cm³/mol. The van der Waals surface area contributed by atoms with Gasteiger partial charge in [-0.25, -0.2) is 15.0 Å². The molecule has 0 atom stereocenters. The Kier molecular flexibility index (Phi) is 3.60. The van der Waals surface area contributed by atoms with Gasteiger partial charge in [-0.05, 0) is 6.92 Å². The topological polar surface area (TPSA) is 76.7 Å². The predicted octanol–water partition coefficient (Wildman–Crippen LogP) is 1.49. The molecule has 0 aromatic carbocycles. The maximum atomic E-state index is 5.43. The molecule has 0 fully saturated rings. The molecule has 0 bridgehead atoms. The number of hydrogen-bond acceptors (Lipinski definition) is 6. The van der Waals surface area contributed by atoms with Gasteiger partial charge in [-0.1, -0.05) is 12.2 Å². The third-order valence-corrected chi connectivity index (χ3v) is 3.12. The number of rotatable bonds is 4. The van der Waals surface area contributed by atoms with Crippen molar-refractivity contribution in [1.29, 1.82) is 0 Å². The molecule has 2 aromatic rings. The second-order valence-corrected chi connectivity index (χ2v) is 5.13. The fourth-order valence-corrected chi connectivity index (χ4v) is 2.03. The molecular weight excluding hydrogens is 254 g/mol. The van der Waals surface area contributed by atoms with Gasteiger partial charge >= 0.3 is 0 Å². The summed E-state index contributed by atoms with van der Waals surface area (Å²) in [5.41, 5.74) is 5.96. The Hall–Kier alpha value is -1.60. The normalized spacial score (nSPS) is 10.2. The van der Waals surface area contributed by atoms with E-state index >= 15 is 0 Å². The average molecular weight is 265 g/mol. The van der Waals surface area contributed by atoms with Gasteiger partial charge in [-0.3, -0.25) is 0 Å².